The van der Waals surface area contributed by atoms with Crippen LogP contribution in [0.2, 0.25) is 10.0 Å². The van der Waals surface area contributed by atoms with Gasteiger partial charge in [0.15, 0.2) is 17.2 Å². The summed E-state index contributed by atoms with van der Waals surface area (Å²) in [6.07, 6.45) is 1.33. The molecule has 0 saturated carbocycles. The van der Waals surface area contributed by atoms with Gasteiger partial charge in [-0.1, -0.05) is 23.2 Å². The van der Waals surface area contributed by atoms with Crippen molar-refractivity contribution >= 4 is 45.4 Å². The zero-order chi connectivity index (χ0) is 27.0. The molecular weight excluding hydrogens is 543 g/mol. The van der Waals surface area contributed by atoms with Gasteiger partial charge in [0.05, 0.1) is 31.6 Å². The van der Waals surface area contributed by atoms with Crippen molar-refractivity contribution in [1.29, 1.82) is 0 Å². The third-order valence-electron chi connectivity index (χ3n) is 4.73. The van der Waals surface area contributed by atoms with Crippen LogP contribution in [0.3, 0.4) is 0 Å². The maximum absolute atomic E-state index is 12.7. The molecular formula is C25H24Cl2N2O7S. The molecule has 3 aromatic carbocycles. The predicted molar refractivity (Wildman–Crippen MR) is 141 cm³/mol. The quantitative estimate of drug-likeness (QED) is 0.189. The summed E-state index contributed by atoms with van der Waals surface area (Å²) in [5.41, 5.74) is 3.15. The number of hydrogen-bond acceptors (Lipinski definition) is 8. The first kappa shape index (κ1) is 28.1. The number of halogens is 2. The molecule has 3 aromatic rings. The number of hydrogen-bond donors (Lipinski definition) is 1. The first-order valence-electron chi connectivity index (χ1n) is 11.0. The molecule has 12 heteroatoms. The van der Waals surface area contributed by atoms with Crippen LogP contribution in [0.1, 0.15) is 29.8 Å². The Morgan fingerprint density at radius 3 is 2.27 bits per heavy atom. The van der Waals surface area contributed by atoms with Crippen molar-refractivity contribution < 1.29 is 31.6 Å². The molecule has 3 rings (SSSR count). The minimum absolute atomic E-state index is 0.0345. The van der Waals surface area contributed by atoms with Crippen molar-refractivity contribution in [1.82, 2.24) is 5.43 Å². The third-order valence-corrected chi connectivity index (χ3v) is 6.50. The lowest BCUT2D eigenvalue weighted by Gasteiger charge is -2.14. The van der Waals surface area contributed by atoms with Gasteiger partial charge in [0.1, 0.15) is 4.90 Å². The highest BCUT2D eigenvalue weighted by Crippen LogP contribution is 2.38. The molecule has 0 saturated heterocycles. The van der Waals surface area contributed by atoms with Crippen LogP contribution in [0.5, 0.6) is 23.0 Å². The molecule has 0 fully saturated rings. The topological polar surface area (TPSA) is 113 Å². The first-order chi connectivity index (χ1) is 17.7. The summed E-state index contributed by atoms with van der Waals surface area (Å²) in [4.78, 5) is 12.4. The summed E-state index contributed by atoms with van der Waals surface area (Å²) in [7, 11) is -2.70. The van der Waals surface area contributed by atoms with Crippen molar-refractivity contribution in [2.24, 2.45) is 5.10 Å². The van der Waals surface area contributed by atoms with Gasteiger partial charge in [-0.2, -0.15) is 13.5 Å². The summed E-state index contributed by atoms with van der Waals surface area (Å²) in [6.45, 7) is 4.16. The van der Waals surface area contributed by atoms with E-state index in [4.69, 9.17) is 41.6 Å². The Labute approximate surface area is 225 Å². The molecule has 0 aliphatic heterocycles. The molecule has 9 nitrogen and oxygen atoms in total. The van der Waals surface area contributed by atoms with Crippen molar-refractivity contribution in [3.05, 3.63) is 75.8 Å². The summed E-state index contributed by atoms with van der Waals surface area (Å²) < 4.78 is 47.0. The zero-order valence-corrected chi connectivity index (χ0v) is 22.5. The second kappa shape index (κ2) is 12.7. The lowest BCUT2D eigenvalue weighted by molar-refractivity contribution is 0.0954. The molecule has 0 radical (unpaired) electrons. The molecule has 0 bridgehead atoms. The number of carbonyl (C=O) groups is 1. The predicted octanol–water partition coefficient (Wildman–Crippen LogP) is 5.33. The Hall–Kier alpha value is -3.47. The van der Waals surface area contributed by atoms with Gasteiger partial charge in [-0.05, 0) is 74.0 Å². The molecule has 1 N–H and O–H groups in total. The number of ether oxygens (including phenoxy) is 3. The highest BCUT2D eigenvalue weighted by molar-refractivity contribution is 7.87. The Kier molecular flexibility index (Phi) is 9.62. The smallest absolute Gasteiger partial charge is 0.339 e. The first-order valence-corrected chi connectivity index (χ1v) is 13.2. The molecule has 196 valence electrons. The lowest BCUT2D eigenvalue weighted by Crippen LogP contribution is -2.17. The van der Waals surface area contributed by atoms with Crippen LogP contribution >= 0.6 is 23.2 Å². The highest BCUT2D eigenvalue weighted by Gasteiger charge is 2.22. The van der Waals surface area contributed by atoms with Crippen LogP contribution in [0.25, 0.3) is 0 Å². The SMILES string of the molecule is CCOc1cc(C(=O)N/N=C/c2cc(Cl)c(OS(=O)(=O)c3ccc(Cl)cc3)c(OCC)c2)ccc1OC. The third kappa shape index (κ3) is 7.28. The standard InChI is InChI=1S/C25H24Cl2N2O7S/c1-4-34-22-14-17(6-11-21(22)33-3)25(30)29-28-15-16-12-20(27)24(23(13-16)35-5-2)36-37(31,32)19-9-7-18(26)8-10-19/h6-15H,4-5H2,1-3H3,(H,29,30)/b28-15+. The van der Waals surface area contributed by atoms with E-state index in [0.717, 1.165) is 0 Å². The van der Waals surface area contributed by atoms with Gasteiger partial charge in [0.25, 0.3) is 5.91 Å². The fraction of sp³-hybridized carbons (Fsp3) is 0.200. The second-order valence-corrected chi connectivity index (χ2v) is 9.64. The van der Waals surface area contributed by atoms with Crippen molar-refractivity contribution in [2.75, 3.05) is 20.3 Å². The van der Waals surface area contributed by atoms with E-state index in [1.807, 2.05) is 6.92 Å². The fourth-order valence-corrected chi connectivity index (χ4v) is 4.47. The van der Waals surface area contributed by atoms with Crippen LogP contribution < -0.4 is 23.8 Å². The Bertz CT molecular complexity index is 1390. The number of methoxy groups -OCH3 is 1. The monoisotopic (exact) mass is 566 g/mol. The van der Waals surface area contributed by atoms with E-state index in [1.54, 1.807) is 25.1 Å². The zero-order valence-electron chi connectivity index (χ0n) is 20.2. The summed E-state index contributed by atoms with van der Waals surface area (Å²) >= 11 is 12.2. The molecule has 0 aromatic heterocycles. The maximum atomic E-state index is 12.7. The highest BCUT2D eigenvalue weighted by atomic mass is 35.5. The van der Waals surface area contributed by atoms with Crippen molar-refractivity contribution in [3.8, 4) is 23.0 Å². The molecule has 0 spiro atoms. The number of carbonyl (C=O) groups excluding carboxylic acids is 1. The van der Waals surface area contributed by atoms with E-state index in [1.165, 1.54) is 49.7 Å². The van der Waals surface area contributed by atoms with Crippen LogP contribution in [-0.4, -0.2) is 40.9 Å². The Balaban J connectivity index is 1.80. The molecule has 37 heavy (non-hydrogen) atoms. The molecule has 0 heterocycles. The van der Waals surface area contributed by atoms with Gasteiger partial charge in [0, 0.05) is 10.6 Å². The average Bonchev–Trinajstić information content (AvgIpc) is 2.86. The normalized spacial score (nSPS) is 11.3. The fourth-order valence-electron chi connectivity index (χ4n) is 3.08. The lowest BCUT2D eigenvalue weighted by atomic mass is 10.2. The van der Waals surface area contributed by atoms with Crippen molar-refractivity contribution in [3.63, 3.8) is 0 Å². The summed E-state index contributed by atoms with van der Waals surface area (Å²) in [5.74, 6) is 0.349. The summed E-state index contributed by atoms with van der Waals surface area (Å²) in [5, 5.41) is 4.30. The van der Waals surface area contributed by atoms with Crippen LogP contribution in [0.15, 0.2) is 64.6 Å². The second-order valence-electron chi connectivity index (χ2n) is 7.25. The van der Waals surface area contributed by atoms with E-state index in [2.05, 4.69) is 10.5 Å². The molecule has 0 aliphatic rings. The maximum Gasteiger partial charge on any atom is 0.339 e. The largest absolute Gasteiger partial charge is 0.493 e. The van der Waals surface area contributed by atoms with E-state index in [0.29, 0.717) is 34.3 Å². The van der Waals surface area contributed by atoms with Crippen LogP contribution in [0, 0.1) is 0 Å². The van der Waals surface area contributed by atoms with Gasteiger partial charge < -0.3 is 18.4 Å². The van der Waals surface area contributed by atoms with E-state index in [9.17, 15) is 13.2 Å². The minimum Gasteiger partial charge on any atom is -0.493 e. The Morgan fingerprint density at radius 2 is 1.62 bits per heavy atom. The number of nitrogens with zero attached hydrogens (tertiary/aromatic N) is 1. The van der Waals surface area contributed by atoms with E-state index in [-0.39, 0.29) is 28.0 Å². The van der Waals surface area contributed by atoms with E-state index >= 15 is 0 Å². The Morgan fingerprint density at radius 1 is 0.946 bits per heavy atom. The minimum atomic E-state index is -4.21. The van der Waals surface area contributed by atoms with Gasteiger partial charge in [-0.3, -0.25) is 4.79 Å². The van der Waals surface area contributed by atoms with Crippen molar-refractivity contribution in [2.45, 2.75) is 18.7 Å². The summed E-state index contributed by atoms with van der Waals surface area (Å²) in [6, 6.07) is 13.1. The van der Waals surface area contributed by atoms with E-state index < -0.39 is 16.0 Å². The number of nitrogens with one attached hydrogen (secondary N) is 1. The number of amides is 1. The van der Waals surface area contributed by atoms with Gasteiger partial charge in [0.2, 0.25) is 5.75 Å². The molecule has 0 unspecified atom stereocenters. The van der Waals surface area contributed by atoms with Gasteiger partial charge >= 0.3 is 10.1 Å². The number of hydrazone groups is 1. The molecule has 1 amide bonds. The average molecular weight is 567 g/mol. The number of benzene rings is 3. The van der Waals surface area contributed by atoms with Gasteiger partial charge in [-0.15, -0.1) is 0 Å². The van der Waals surface area contributed by atoms with Gasteiger partial charge in [-0.25, -0.2) is 5.43 Å². The molecule has 0 atom stereocenters. The van der Waals surface area contributed by atoms with Crippen LogP contribution in [0.4, 0.5) is 0 Å². The molecule has 0 aliphatic carbocycles. The van der Waals surface area contributed by atoms with Crippen LogP contribution in [-0.2, 0) is 10.1 Å². The number of rotatable bonds is 11.